The summed E-state index contributed by atoms with van der Waals surface area (Å²) >= 11 is 1.71. The minimum absolute atomic E-state index is 0.163. The van der Waals surface area contributed by atoms with Gasteiger partial charge in [0.1, 0.15) is 0 Å². The van der Waals surface area contributed by atoms with Gasteiger partial charge in [0.2, 0.25) is 0 Å². The lowest BCUT2D eigenvalue weighted by Gasteiger charge is -2.13. The summed E-state index contributed by atoms with van der Waals surface area (Å²) in [6.07, 6.45) is 0. The Kier molecular flexibility index (Phi) is 2.85. The molecule has 1 aromatic heterocycles. The second-order valence-corrected chi connectivity index (χ2v) is 4.69. The first kappa shape index (κ1) is 9.68. The Morgan fingerprint density at radius 1 is 1.50 bits per heavy atom. The van der Waals surface area contributed by atoms with E-state index in [0.29, 0.717) is 6.61 Å². The quantitative estimate of drug-likeness (QED) is 0.706. The maximum absolute atomic E-state index is 5.00. The van der Waals surface area contributed by atoms with E-state index in [1.807, 2.05) is 0 Å². The summed E-state index contributed by atoms with van der Waals surface area (Å²) in [5, 5.41) is 3.24. The number of rotatable bonds is 2. The highest BCUT2D eigenvalue weighted by molar-refractivity contribution is 7.09. The molecule has 0 saturated heterocycles. The molecule has 0 amide bonds. The molecule has 1 rings (SSSR count). The van der Waals surface area contributed by atoms with E-state index in [1.54, 1.807) is 18.4 Å². The molecule has 0 aromatic carbocycles. The first-order valence-electron chi connectivity index (χ1n) is 3.98. The van der Waals surface area contributed by atoms with Crippen LogP contribution in [0.3, 0.4) is 0 Å². The van der Waals surface area contributed by atoms with Crippen LogP contribution in [0.25, 0.3) is 0 Å². The van der Waals surface area contributed by atoms with Gasteiger partial charge in [-0.05, 0) is 0 Å². The Hall–Kier alpha value is -0.410. The van der Waals surface area contributed by atoms with E-state index in [0.717, 1.165) is 5.69 Å². The Morgan fingerprint density at radius 2 is 2.17 bits per heavy atom. The van der Waals surface area contributed by atoms with Crippen molar-refractivity contribution in [2.75, 3.05) is 7.11 Å². The van der Waals surface area contributed by atoms with Crippen LogP contribution in [0.1, 0.15) is 31.5 Å². The smallest absolute Gasteiger partial charge is 0.0982 e. The molecule has 1 heterocycles. The summed E-state index contributed by atoms with van der Waals surface area (Å²) in [4.78, 5) is 4.46. The van der Waals surface area contributed by atoms with E-state index < -0.39 is 0 Å². The molecule has 3 heteroatoms. The van der Waals surface area contributed by atoms with Gasteiger partial charge in [0.25, 0.3) is 0 Å². The van der Waals surface area contributed by atoms with E-state index in [4.69, 9.17) is 4.74 Å². The zero-order chi connectivity index (χ0) is 9.19. The van der Waals surface area contributed by atoms with Crippen LogP contribution >= 0.6 is 11.3 Å². The number of methoxy groups -OCH3 is 1. The van der Waals surface area contributed by atoms with Crippen LogP contribution in [-0.4, -0.2) is 12.1 Å². The highest BCUT2D eigenvalue weighted by atomic mass is 32.1. The average Bonchev–Trinajstić information content (AvgIpc) is 2.35. The number of ether oxygens (including phenoxy) is 1. The Bertz CT molecular complexity index is 249. The fourth-order valence-corrected chi connectivity index (χ4v) is 1.76. The van der Waals surface area contributed by atoms with Gasteiger partial charge >= 0.3 is 0 Å². The van der Waals surface area contributed by atoms with E-state index in [1.165, 1.54) is 5.01 Å². The van der Waals surface area contributed by atoms with Gasteiger partial charge < -0.3 is 4.74 Å². The monoisotopic (exact) mass is 185 g/mol. The molecule has 12 heavy (non-hydrogen) atoms. The molecule has 0 aliphatic heterocycles. The van der Waals surface area contributed by atoms with Gasteiger partial charge in [0, 0.05) is 17.9 Å². The van der Waals surface area contributed by atoms with Crippen LogP contribution in [0, 0.1) is 0 Å². The van der Waals surface area contributed by atoms with Crippen molar-refractivity contribution in [3.05, 3.63) is 16.1 Å². The summed E-state index contributed by atoms with van der Waals surface area (Å²) in [5.41, 5.74) is 1.20. The van der Waals surface area contributed by atoms with Gasteiger partial charge in [-0.25, -0.2) is 4.98 Å². The van der Waals surface area contributed by atoms with Gasteiger partial charge in [-0.2, -0.15) is 0 Å². The molecule has 0 unspecified atom stereocenters. The first-order chi connectivity index (χ1) is 5.54. The van der Waals surface area contributed by atoms with Crippen LogP contribution < -0.4 is 0 Å². The zero-order valence-electron chi connectivity index (χ0n) is 8.05. The molecule has 0 N–H and O–H groups in total. The van der Waals surface area contributed by atoms with E-state index in [9.17, 15) is 0 Å². The fourth-order valence-electron chi connectivity index (χ4n) is 0.866. The van der Waals surface area contributed by atoms with Crippen LogP contribution in [-0.2, 0) is 16.8 Å². The summed E-state index contributed by atoms with van der Waals surface area (Å²) in [6.45, 7) is 7.12. The topological polar surface area (TPSA) is 22.1 Å². The maximum Gasteiger partial charge on any atom is 0.0982 e. The van der Waals surface area contributed by atoms with Crippen LogP contribution in [0.15, 0.2) is 5.38 Å². The van der Waals surface area contributed by atoms with E-state index in [2.05, 4.69) is 31.1 Å². The fraction of sp³-hybridized carbons (Fsp3) is 0.667. The van der Waals surface area contributed by atoms with Gasteiger partial charge in [-0.3, -0.25) is 0 Å². The number of aromatic nitrogens is 1. The minimum atomic E-state index is 0.163. The number of thiazole rings is 1. The Balaban J connectivity index is 2.77. The predicted octanol–water partition coefficient (Wildman–Crippen LogP) is 2.59. The van der Waals surface area contributed by atoms with Crippen molar-refractivity contribution in [2.24, 2.45) is 0 Å². The van der Waals surface area contributed by atoms with Gasteiger partial charge in [0.15, 0.2) is 0 Å². The molecule has 0 bridgehead atoms. The van der Waals surface area contributed by atoms with Crippen molar-refractivity contribution in [2.45, 2.75) is 32.8 Å². The maximum atomic E-state index is 5.00. The lowest BCUT2D eigenvalue weighted by Crippen LogP contribution is -2.10. The van der Waals surface area contributed by atoms with Gasteiger partial charge in [-0.1, -0.05) is 20.8 Å². The predicted molar refractivity (Wildman–Crippen MR) is 51.5 cm³/mol. The van der Waals surface area contributed by atoms with Crippen LogP contribution in [0.4, 0.5) is 0 Å². The minimum Gasteiger partial charge on any atom is -0.378 e. The second-order valence-electron chi connectivity index (χ2n) is 3.83. The first-order valence-corrected chi connectivity index (χ1v) is 4.86. The molecule has 0 atom stereocenters. The summed E-state index contributed by atoms with van der Waals surface area (Å²) in [6, 6.07) is 0. The van der Waals surface area contributed by atoms with Crippen molar-refractivity contribution in [3.8, 4) is 0 Å². The third kappa shape index (κ3) is 2.29. The number of hydrogen-bond donors (Lipinski definition) is 0. The highest BCUT2D eigenvalue weighted by Gasteiger charge is 2.17. The Labute approximate surface area is 77.6 Å². The SMILES string of the molecule is COCc1csc(C(C)(C)C)n1. The molecule has 0 radical (unpaired) electrons. The molecule has 1 aromatic rings. The van der Waals surface area contributed by atoms with Crippen LogP contribution in [0.5, 0.6) is 0 Å². The number of hydrogen-bond acceptors (Lipinski definition) is 3. The molecule has 0 saturated carbocycles. The zero-order valence-corrected chi connectivity index (χ0v) is 8.86. The summed E-state index contributed by atoms with van der Waals surface area (Å²) < 4.78 is 5.00. The molecule has 0 aliphatic carbocycles. The molecular weight excluding hydrogens is 170 g/mol. The molecule has 2 nitrogen and oxygen atoms in total. The van der Waals surface area contributed by atoms with Gasteiger partial charge in [0.05, 0.1) is 17.3 Å². The third-order valence-corrected chi connectivity index (χ3v) is 2.80. The third-order valence-electron chi connectivity index (χ3n) is 1.49. The average molecular weight is 185 g/mol. The van der Waals surface area contributed by atoms with E-state index in [-0.39, 0.29) is 5.41 Å². The standard InChI is InChI=1S/C9H15NOS/c1-9(2,3)8-10-7(5-11-4)6-12-8/h6H,5H2,1-4H3. The van der Waals surface area contributed by atoms with E-state index >= 15 is 0 Å². The van der Waals surface area contributed by atoms with Crippen molar-refractivity contribution in [1.82, 2.24) is 4.98 Å². The lowest BCUT2D eigenvalue weighted by atomic mass is 9.98. The molecule has 0 spiro atoms. The molecule has 0 aliphatic rings. The van der Waals surface area contributed by atoms with Crippen molar-refractivity contribution in [1.29, 1.82) is 0 Å². The normalized spacial score (nSPS) is 12.0. The molecule has 0 fully saturated rings. The lowest BCUT2D eigenvalue weighted by molar-refractivity contribution is 0.181. The number of nitrogens with zero attached hydrogens (tertiary/aromatic N) is 1. The van der Waals surface area contributed by atoms with Crippen molar-refractivity contribution >= 4 is 11.3 Å². The summed E-state index contributed by atoms with van der Waals surface area (Å²) in [5.74, 6) is 0. The van der Waals surface area contributed by atoms with Crippen molar-refractivity contribution < 1.29 is 4.74 Å². The second kappa shape index (κ2) is 3.54. The highest BCUT2D eigenvalue weighted by Crippen LogP contribution is 2.25. The molecular formula is C9H15NOS. The van der Waals surface area contributed by atoms with Gasteiger partial charge in [-0.15, -0.1) is 11.3 Å². The van der Waals surface area contributed by atoms with Crippen LogP contribution in [0.2, 0.25) is 0 Å². The van der Waals surface area contributed by atoms with Crippen molar-refractivity contribution in [3.63, 3.8) is 0 Å². The molecule has 68 valence electrons. The largest absolute Gasteiger partial charge is 0.378 e. The Morgan fingerprint density at radius 3 is 2.58 bits per heavy atom. The summed E-state index contributed by atoms with van der Waals surface area (Å²) in [7, 11) is 1.69.